The van der Waals surface area contributed by atoms with E-state index < -0.39 is 0 Å². The van der Waals surface area contributed by atoms with Gasteiger partial charge in [0.1, 0.15) is 0 Å². The number of nitrogens with one attached hydrogen (secondary N) is 1. The SMILES string of the molecule is CCCC(C)NC(=O)CSc1nnc(-c2ccncc2)n1-c1ccccc1C. The molecule has 0 aliphatic heterocycles. The molecular formula is C21H25N5OS. The third-order valence-electron chi connectivity index (χ3n) is 4.39. The molecule has 0 aliphatic carbocycles. The summed E-state index contributed by atoms with van der Waals surface area (Å²) in [6.45, 7) is 6.20. The summed E-state index contributed by atoms with van der Waals surface area (Å²) in [7, 11) is 0. The molecule has 2 heterocycles. The number of nitrogens with zero attached hydrogens (tertiary/aromatic N) is 4. The standard InChI is InChI=1S/C21H25N5OS/c1-4-7-16(3)23-19(27)14-28-21-25-24-20(17-10-12-22-13-11-17)26(21)18-9-6-5-8-15(18)2/h5-6,8-13,16H,4,7,14H2,1-3H3,(H,23,27). The molecule has 146 valence electrons. The molecule has 1 unspecified atom stereocenters. The number of hydrogen-bond acceptors (Lipinski definition) is 5. The molecule has 0 fully saturated rings. The van der Waals surface area contributed by atoms with Crippen LogP contribution in [0.2, 0.25) is 0 Å². The van der Waals surface area contributed by atoms with Crippen LogP contribution in [-0.2, 0) is 4.79 Å². The maximum atomic E-state index is 12.3. The van der Waals surface area contributed by atoms with E-state index in [1.54, 1.807) is 12.4 Å². The number of para-hydroxylation sites is 1. The average Bonchev–Trinajstić information content (AvgIpc) is 3.11. The Morgan fingerprint density at radius 1 is 1.18 bits per heavy atom. The molecule has 1 N–H and O–H groups in total. The van der Waals surface area contributed by atoms with E-state index in [0.717, 1.165) is 35.5 Å². The molecule has 0 bridgehead atoms. The number of carbonyl (C=O) groups excluding carboxylic acids is 1. The number of amides is 1. The van der Waals surface area contributed by atoms with Crippen LogP contribution in [0.1, 0.15) is 32.3 Å². The average molecular weight is 396 g/mol. The molecule has 6 nitrogen and oxygen atoms in total. The number of hydrogen-bond donors (Lipinski definition) is 1. The second-order valence-corrected chi connectivity index (χ2v) is 7.65. The highest BCUT2D eigenvalue weighted by Crippen LogP contribution is 2.29. The fraction of sp³-hybridized carbons (Fsp3) is 0.333. The molecule has 0 saturated carbocycles. The van der Waals surface area contributed by atoms with Gasteiger partial charge >= 0.3 is 0 Å². The van der Waals surface area contributed by atoms with Crippen molar-refractivity contribution in [3.05, 3.63) is 54.4 Å². The van der Waals surface area contributed by atoms with Crippen molar-refractivity contribution >= 4 is 17.7 Å². The molecule has 7 heteroatoms. The van der Waals surface area contributed by atoms with Gasteiger partial charge in [-0.3, -0.25) is 14.3 Å². The lowest BCUT2D eigenvalue weighted by Gasteiger charge is -2.14. The highest BCUT2D eigenvalue weighted by Gasteiger charge is 2.18. The summed E-state index contributed by atoms with van der Waals surface area (Å²) in [6.07, 6.45) is 5.50. The lowest BCUT2D eigenvalue weighted by Crippen LogP contribution is -2.33. The summed E-state index contributed by atoms with van der Waals surface area (Å²) < 4.78 is 2.01. The molecule has 3 aromatic rings. The third kappa shape index (κ3) is 4.78. The van der Waals surface area contributed by atoms with Crippen LogP contribution in [0.15, 0.2) is 53.9 Å². The molecule has 0 aliphatic rings. The minimum Gasteiger partial charge on any atom is -0.353 e. The molecular weight excluding hydrogens is 370 g/mol. The predicted molar refractivity (Wildman–Crippen MR) is 113 cm³/mol. The normalized spacial score (nSPS) is 12.0. The third-order valence-corrected chi connectivity index (χ3v) is 5.32. The van der Waals surface area contributed by atoms with E-state index in [9.17, 15) is 4.79 Å². The van der Waals surface area contributed by atoms with Crippen LogP contribution in [-0.4, -0.2) is 37.5 Å². The van der Waals surface area contributed by atoms with Crippen LogP contribution in [0, 0.1) is 6.92 Å². The molecule has 3 rings (SSSR count). The lowest BCUT2D eigenvalue weighted by atomic mass is 10.2. The number of pyridine rings is 1. The maximum Gasteiger partial charge on any atom is 0.230 e. The summed E-state index contributed by atoms with van der Waals surface area (Å²) in [5, 5.41) is 12.5. The van der Waals surface area contributed by atoms with Gasteiger partial charge in [0.05, 0.1) is 11.4 Å². The minimum atomic E-state index is 0.00995. The Kier molecular flexibility index (Phi) is 6.81. The zero-order chi connectivity index (χ0) is 19.9. The van der Waals surface area contributed by atoms with Crippen molar-refractivity contribution in [2.24, 2.45) is 0 Å². The van der Waals surface area contributed by atoms with Crippen LogP contribution >= 0.6 is 11.8 Å². The van der Waals surface area contributed by atoms with Crippen molar-refractivity contribution in [3.8, 4) is 17.1 Å². The number of benzene rings is 1. The van der Waals surface area contributed by atoms with E-state index in [-0.39, 0.29) is 11.9 Å². The Labute approximate surface area is 169 Å². The van der Waals surface area contributed by atoms with Crippen molar-refractivity contribution in [1.29, 1.82) is 0 Å². The van der Waals surface area contributed by atoms with Gasteiger partial charge in [-0.2, -0.15) is 0 Å². The van der Waals surface area contributed by atoms with E-state index in [4.69, 9.17) is 0 Å². The van der Waals surface area contributed by atoms with Gasteiger partial charge in [0.15, 0.2) is 11.0 Å². The van der Waals surface area contributed by atoms with Crippen molar-refractivity contribution in [2.75, 3.05) is 5.75 Å². The van der Waals surface area contributed by atoms with Crippen LogP contribution in [0.3, 0.4) is 0 Å². The highest BCUT2D eigenvalue weighted by molar-refractivity contribution is 7.99. The van der Waals surface area contributed by atoms with Crippen molar-refractivity contribution < 1.29 is 4.79 Å². The Hall–Kier alpha value is -2.67. The van der Waals surface area contributed by atoms with Gasteiger partial charge in [0.25, 0.3) is 0 Å². The molecule has 0 radical (unpaired) electrons. The van der Waals surface area contributed by atoms with E-state index in [1.165, 1.54) is 11.8 Å². The second kappa shape index (κ2) is 9.50. The van der Waals surface area contributed by atoms with Crippen LogP contribution in [0.4, 0.5) is 0 Å². The first-order valence-electron chi connectivity index (χ1n) is 9.44. The Balaban J connectivity index is 1.89. The monoisotopic (exact) mass is 395 g/mol. The number of thioether (sulfide) groups is 1. The largest absolute Gasteiger partial charge is 0.353 e. The van der Waals surface area contributed by atoms with Gasteiger partial charge in [0, 0.05) is 24.0 Å². The Morgan fingerprint density at radius 2 is 1.93 bits per heavy atom. The minimum absolute atomic E-state index is 0.00995. The fourth-order valence-electron chi connectivity index (χ4n) is 3.03. The van der Waals surface area contributed by atoms with Crippen molar-refractivity contribution in [3.63, 3.8) is 0 Å². The van der Waals surface area contributed by atoms with E-state index in [1.807, 2.05) is 41.8 Å². The number of aromatic nitrogens is 4. The van der Waals surface area contributed by atoms with Crippen molar-refractivity contribution in [2.45, 2.75) is 44.8 Å². The maximum absolute atomic E-state index is 12.3. The van der Waals surface area contributed by atoms with Gasteiger partial charge < -0.3 is 5.32 Å². The van der Waals surface area contributed by atoms with Crippen LogP contribution < -0.4 is 5.32 Å². The topological polar surface area (TPSA) is 72.7 Å². The van der Waals surface area contributed by atoms with E-state index in [2.05, 4.69) is 40.4 Å². The Morgan fingerprint density at radius 3 is 2.64 bits per heavy atom. The zero-order valence-corrected chi connectivity index (χ0v) is 17.2. The number of carbonyl (C=O) groups is 1. The van der Waals surface area contributed by atoms with Gasteiger partial charge in [-0.05, 0) is 44.0 Å². The quantitative estimate of drug-likeness (QED) is 0.583. The first kappa shape index (κ1) is 20.1. The van der Waals surface area contributed by atoms with Gasteiger partial charge in [-0.15, -0.1) is 10.2 Å². The first-order valence-corrected chi connectivity index (χ1v) is 10.4. The summed E-state index contributed by atoms with van der Waals surface area (Å²) in [4.78, 5) is 16.4. The summed E-state index contributed by atoms with van der Waals surface area (Å²) in [6, 6.07) is 12.1. The number of rotatable bonds is 8. The van der Waals surface area contributed by atoms with Crippen molar-refractivity contribution in [1.82, 2.24) is 25.1 Å². The lowest BCUT2D eigenvalue weighted by molar-refractivity contribution is -0.119. The predicted octanol–water partition coefficient (Wildman–Crippen LogP) is 4.03. The molecule has 1 aromatic carbocycles. The summed E-state index contributed by atoms with van der Waals surface area (Å²) in [5.41, 5.74) is 3.04. The smallest absolute Gasteiger partial charge is 0.230 e. The van der Waals surface area contributed by atoms with Gasteiger partial charge in [-0.25, -0.2) is 0 Å². The Bertz CT molecular complexity index is 926. The molecule has 2 aromatic heterocycles. The second-order valence-electron chi connectivity index (χ2n) is 6.71. The molecule has 1 atom stereocenters. The fourth-order valence-corrected chi connectivity index (χ4v) is 3.79. The molecule has 0 saturated heterocycles. The van der Waals surface area contributed by atoms with Crippen LogP contribution in [0.5, 0.6) is 0 Å². The zero-order valence-electron chi connectivity index (χ0n) is 16.4. The summed E-state index contributed by atoms with van der Waals surface area (Å²) >= 11 is 1.40. The van der Waals surface area contributed by atoms with Gasteiger partial charge in [-0.1, -0.05) is 43.3 Å². The number of aryl methyl sites for hydroxylation is 1. The van der Waals surface area contributed by atoms with E-state index >= 15 is 0 Å². The van der Waals surface area contributed by atoms with E-state index in [0.29, 0.717) is 10.9 Å². The molecule has 0 spiro atoms. The highest BCUT2D eigenvalue weighted by atomic mass is 32.2. The first-order chi connectivity index (χ1) is 13.6. The molecule has 28 heavy (non-hydrogen) atoms. The van der Waals surface area contributed by atoms with Gasteiger partial charge in [0.2, 0.25) is 5.91 Å². The molecule has 1 amide bonds. The summed E-state index contributed by atoms with van der Waals surface area (Å²) in [5.74, 6) is 1.05. The van der Waals surface area contributed by atoms with Crippen LogP contribution in [0.25, 0.3) is 17.1 Å².